The third-order valence-corrected chi connectivity index (χ3v) is 8.86. The van der Waals surface area contributed by atoms with E-state index in [4.69, 9.17) is 9.72 Å². The molecule has 164 valence electrons. The lowest BCUT2D eigenvalue weighted by Crippen LogP contribution is -2.48. The zero-order valence-electron chi connectivity index (χ0n) is 17.6. The van der Waals surface area contributed by atoms with Gasteiger partial charge in [-0.15, -0.1) is 11.3 Å². The van der Waals surface area contributed by atoms with Crippen molar-refractivity contribution in [2.45, 2.75) is 18.7 Å². The van der Waals surface area contributed by atoms with Crippen LogP contribution >= 0.6 is 27.3 Å². The van der Waals surface area contributed by atoms with Crippen LogP contribution < -0.4 is 9.64 Å². The lowest BCUT2D eigenvalue weighted by Gasteiger charge is -2.34. The summed E-state index contributed by atoms with van der Waals surface area (Å²) in [6.07, 6.45) is 0. The molecule has 0 saturated carbocycles. The highest BCUT2D eigenvalue weighted by molar-refractivity contribution is 9.10. The number of rotatable bonds is 5. The smallest absolute Gasteiger partial charge is 0.246 e. The van der Waals surface area contributed by atoms with Crippen LogP contribution in [0.2, 0.25) is 0 Å². The molecule has 0 aliphatic carbocycles. The maximum absolute atomic E-state index is 13.2. The van der Waals surface area contributed by atoms with Crippen LogP contribution in [0.4, 0.5) is 5.13 Å². The second kappa shape index (κ2) is 8.90. The molecule has 1 fully saturated rings. The minimum absolute atomic E-state index is 0.184. The van der Waals surface area contributed by atoms with Crippen LogP contribution in [-0.4, -0.2) is 51.0 Å². The third-order valence-electron chi connectivity index (χ3n) is 5.55. The van der Waals surface area contributed by atoms with Crippen LogP contribution in [0.1, 0.15) is 11.1 Å². The Bertz CT molecular complexity index is 1200. The van der Waals surface area contributed by atoms with E-state index in [1.807, 2.05) is 0 Å². The maximum Gasteiger partial charge on any atom is 0.246 e. The first-order chi connectivity index (χ1) is 14.8. The van der Waals surface area contributed by atoms with E-state index in [1.165, 1.54) is 22.5 Å². The van der Waals surface area contributed by atoms with Crippen LogP contribution in [0.15, 0.2) is 51.1 Å². The SMILES string of the molecule is COc1ccc(Br)cc1S(=O)(=O)N1CCN(c2nc(-c3ccc(C)c(C)c3)cs2)CC1. The molecule has 0 atom stereocenters. The Labute approximate surface area is 195 Å². The molecule has 0 N–H and O–H groups in total. The molecule has 0 radical (unpaired) electrons. The molecule has 1 aromatic heterocycles. The van der Waals surface area contributed by atoms with Crippen molar-refractivity contribution in [1.29, 1.82) is 0 Å². The molecule has 2 aromatic carbocycles. The fourth-order valence-electron chi connectivity index (χ4n) is 3.55. The summed E-state index contributed by atoms with van der Waals surface area (Å²) in [7, 11) is -2.16. The molecule has 31 heavy (non-hydrogen) atoms. The molecule has 1 saturated heterocycles. The van der Waals surface area contributed by atoms with Gasteiger partial charge in [0.15, 0.2) is 5.13 Å². The number of piperazine rings is 1. The second-order valence-electron chi connectivity index (χ2n) is 7.50. The van der Waals surface area contributed by atoms with Crippen molar-refractivity contribution in [3.05, 3.63) is 57.4 Å². The highest BCUT2D eigenvalue weighted by Gasteiger charge is 2.31. The van der Waals surface area contributed by atoms with E-state index in [9.17, 15) is 8.42 Å². The number of aryl methyl sites for hydroxylation is 2. The quantitative estimate of drug-likeness (QED) is 0.486. The average Bonchev–Trinajstić information content (AvgIpc) is 3.26. The van der Waals surface area contributed by atoms with Gasteiger partial charge in [-0.1, -0.05) is 28.1 Å². The molecule has 0 unspecified atom stereocenters. The summed E-state index contributed by atoms with van der Waals surface area (Å²) in [6.45, 7) is 6.19. The molecule has 1 aliphatic rings. The number of halogens is 1. The maximum atomic E-state index is 13.2. The first-order valence-corrected chi connectivity index (χ1v) is 13.0. The number of anilines is 1. The van der Waals surface area contributed by atoms with Crippen molar-refractivity contribution in [3.63, 3.8) is 0 Å². The number of ether oxygens (including phenoxy) is 1. The Morgan fingerprint density at radius 2 is 1.77 bits per heavy atom. The first kappa shape index (κ1) is 22.3. The van der Waals surface area contributed by atoms with Crippen molar-refractivity contribution in [2.75, 3.05) is 38.2 Å². The minimum atomic E-state index is -3.64. The molecule has 0 amide bonds. The molecular weight excluding hydrogens is 498 g/mol. The third kappa shape index (κ3) is 4.50. The van der Waals surface area contributed by atoms with E-state index in [0.717, 1.165) is 16.4 Å². The summed E-state index contributed by atoms with van der Waals surface area (Å²) in [4.78, 5) is 7.15. The summed E-state index contributed by atoms with van der Waals surface area (Å²) >= 11 is 4.95. The molecule has 4 rings (SSSR count). The molecule has 1 aliphatic heterocycles. The van der Waals surface area contributed by atoms with E-state index in [-0.39, 0.29) is 4.90 Å². The minimum Gasteiger partial charge on any atom is -0.495 e. The zero-order valence-corrected chi connectivity index (χ0v) is 20.8. The number of benzene rings is 2. The van der Waals surface area contributed by atoms with Gasteiger partial charge < -0.3 is 9.64 Å². The second-order valence-corrected chi connectivity index (χ2v) is 11.2. The van der Waals surface area contributed by atoms with Gasteiger partial charge in [-0.25, -0.2) is 13.4 Å². The summed E-state index contributed by atoms with van der Waals surface area (Å²) in [5.74, 6) is 0.351. The summed E-state index contributed by atoms with van der Waals surface area (Å²) in [5, 5.41) is 2.99. The number of methoxy groups -OCH3 is 1. The van der Waals surface area contributed by atoms with E-state index < -0.39 is 10.0 Å². The van der Waals surface area contributed by atoms with E-state index in [2.05, 4.69) is 58.3 Å². The molecule has 0 spiro atoms. The molecule has 6 nitrogen and oxygen atoms in total. The van der Waals surface area contributed by atoms with Gasteiger partial charge in [0.05, 0.1) is 12.8 Å². The Hall–Kier alpha value is -1.94. The number of thiazole rings is 1. The highest BCUT2D eigenvalue weighted by Crippen LogP contribution is 2.32. The molecule has 9 heteroatoms. The summed E-state index contributed by atoms with van der Waals surface area (Å²) < 4.78 is 33.9. The highest BCUT2D eigenvalue weighted by atomic mass is 79.9. The van der Waals surface area contributed by atoms with Gasteiger partial charge in [-0.2, -0.15) is 4.31 Å². The van der Waals surface area contributed by atoms with Gasteiger partial charge in [-0.05, 0) is 49.2 Å². The van der Waals surface area contributed by atoms with Crippen LogP contribution in [0, 0.1) is 13.8 Å². The van der Waals surface area contributed by atoms with Gasteiger partial charge in [0.1, 0.15) is 10.6 Å². The number of hydrogen-bond acceptors (Lipinski definition) is 6. The van der Waals surface area contributed by atoms with Gasteiger partial charge in [0, 0.05) is 41.6 Å². The fourth-order valence-corrected chi connectivity index (χ4v) is 6.56. The van der Waals surface area contributed by atoms with Gasteiger partial charge in [0.2, 0.25) is 10.0 Å². The van der Waals surface area contributed by atoms with Crippen molar-refractivity contribution < 1.29 is 13.2 Å². The number of sulfonamides is 1. The zero-order chi connectivity index (χ0) is 22.2. The standard InChI is InChI=1S/C22H24BrN3O3S2/c1-15-4-5-17(12-16(15)2)19-14-30-22(24-19)25-8-10-26(11-9-25)31(27,28)21-13-18(23)6-7-20(21)29-3/h4-7,12-14H,8-11H2,1-3H3. The van der Waals surface area contributed by atoms with E-state index in [0.29, 0.717) is 36.4 Å². The van der Waals surface area contributed by atoms with Crippen LogP contribution in [0.3, 0.4) is 0 Å². The Balaban J connectivity index is 1.49. The van der Waals surface area contributed by atoms with Gasteiger partial charge in [-0.3, -0.25) is 0 Å². The summed E-state index contributed by atoms with van der Waals surface area (Å²) in [5.41, 5.74) is 4.57. The lowest BCUT2D eigenvalue weighted by atomic mass is 10.1. The number of hydrogen-bond donors (Lipinski definition) is 0. The van der Waals surface area contributed by atoms with Gasteiger partial charge >= 0.3 is 0 Å². The Morgan fingerprint density at radius 3 is 2.45 bits per heavy atom. The fraction of sp³-hybridized carbons (Fsp3) is 0.318. The largest absolute Gasteiger partial charge is 0.495 e. The van der Waals surface area contributed by atoms with Gasteiger partial charge in [0.25, 0.3) is 0 Å². The monoisotopic (exact) mass is 521 g/mol. The topological polar surface area (TPSA) is 62.7 Å². The van der Waals surface area contributed by atoms with Crippen molar-refractivity contribution in [2.24, 2.45) is 0 Å². The van der Waals surface area contributed by atoms with Crippen LogP contribution in [0.5, 0.6) is 5.75 Å². The number of nitrogens with zero attached hydrogens (tertiary/aromatic N) is 3. The average molecular weight is 522 g/mol. The van der Waals surface area contributed by atoms with E-state index in [1.54, 1.807) is 29.5 Å². The lowest BCUT2D eigenvalue weighted by molar-refractivity contribution is 0.374. The number of aromatic nitrogens is 1. The molecule has 0 bridgehead atoms. The predicted octanol–water partition coefficient (Wildman–Crippen LogP) is 4.71. The normalized spacial score (nSPS) is 15.3. The molecule has 3 aromatic rings. The van der Waals surface area contributed by atoms with Crippen molar-refractivity contribution >= 4 is 42.4 Å². The summed E-state index contributed by atoms with van der Waals surface area (Å²) in [6, 6.07) is 11.4. The van der Waals surface area contributed by atoms with Crippen molar-refractivity contribution in [1.82, 2.24) is 9.29 Å². The van der Waals surface area contributed by atoms with E-state index >= 15 is 0 Å². The van der Waals surface area contributed by atoms with Crippen molar-refractivity contribution in [3.8, 4) is 17.0 Å². The first-order valence-electron chi connectivity index (χ1n) is 9.91. The van der Waals surface area contributed by atoms with Crippen LogP contribution in [0.25, 0.3) is 11.3 Å². The molecule has 2 heterocycles. The Morgan fingerprint density at radius 1 is 1.03 bits per heavy atom. The Kier molecular flexibility index (Phi) is 6.39. The predicted molar refractivity (Wildman–Crippen MR) is 129 cm³/mol. The van der Waals surface area contributed by atoms with Crippen LogP contribution in [-0.2, 0) is 10.0 Å². The molecular formula is C22H24BrN3O3S2.